The lowest BCUT2D eigenvalue weighted by atomic mass is 9.99. The van der Waals surface area contributed by atoms with Gasteiger partial charge in [-0.05, 0) is 47.9 Å². The average Bonchev–Trinajstić information content (AvgIpc) is 3.48. The van der Waals surface area contributed by atoms with Crippen molar-refractivity contribution in [1.29, 1.82) is 0 Å². The Kier molecular flexibility index (Phi) is 4.28. The number of rotatable bonds is 6. The number of thioether (sulfide) groups is 1. The van der Waals surface area contributed by atoms with Crippen LogP contribution in [0.2, 0.25) is 0 Å². The van der Waals surface area contributed by atoms with Gasteiger partial charge in [-0.15, -0.1) is 0 Å². The van der Waals surface area contributed by atoms with Gasteiger partial charge in [-0.1, -0.05) is 42.1 Å². The van der Waals surface area contributed by atoms with Crippen LogP contribution in [0.25, 0.3) is 27.6 Å². The third-order valence-corrected chi connectivity index (χ3v) is 6.08. The molecule has 5 rings (SSSR count). The molecule has 1 saturated carbocycles. The van der Waals surface area contributed by atoms with E-state index >= 15 is 0 Å². The van der Waals surface area contributed by atoms with Crippen LogP contribution in [-0.2, 0) is 4.79 Å². The maximum absolute atomic E-state index is 10.9. The Hall–Kier alpha value is -2.86. The molecule has 1 N–H and O–H groups in total. The van der Waals surface area contributed by atoms with E-state index in [9.17, 15) is 4.79 Å². The summed E-state index contributed by atoms with van der Waals surface area (Å²) in [6.07, 6.45) is 4.36. The molecule has 0 atom stereocenters. The lowest BCUT2D eigenvalue weighted by Crippen LogP contribution is -2.01. The van der Waals surface area contributed by atoms with Gasteiger partial charge in [0.05, 0.1) is 17.6 Å². The zero-order valence-electron chi connectivity index (χ0n) is 15.2. The second kappa shape index (κ2) is 6.95. The van der Waals surface area contributed by atoms with Crippen molar-refractivity contribution < 1.29 is 9.90 Å². The lowest BCUT2D eigenvalue weighted by molar-refractivity contribution is -0.136. The Morgan fingerprint density at radius 2 is 1.93 bits per heavy atom. The van der Waals surface area contributed by atoms with Crippen molar-refractivity contribution in [2.75, 3.05) is 5.75 Å². The Bertz CT molecular complexity index is 1200. The first-order valence-electron chi connectivity index (χ1n) is 9.42. The monoisotopic (exact) mass is 389 g/mol. The van der Waals surface area contributed by atoms with Crippen molar-refractivity contribution in [2.45, 2.75) is 30.3 Å². The molecule has 4 aromatic rings. The van der Waals surface area contributed by atoms with Crippen LogP contribution in [0, 0.1) is 0 Å². The van der Waals surface area contributed by atoms with Crippen LogP contribution in [0.4, 0.5) is 0 Å². The number of carboxylic acid groups (broad SMARTS) is 1. The quantitative estimate of drug-likeness (QED) is 0.469. The van der Waals surface area contributed by atoms with Gasteiger partial charge in [0.15, 0.2) is 10.8 Å². The molecule has 140 valence electrons. The highest BCUT2D eigenvalue weighted by atomic mass is 32.2. The number of aromatic nitrogens is 3. The SMILES string of the molecule is O=C(O)CCSc1nc2ncccc2n1-c1ccc(C2CC2)c2ccccc12. The van der Waals surface area contributed by atoms with Crippen molar-refractivity contribution in [3.8, 4) is 5.69 Å². The molecule has 1 aliphatic carbocycles. The maximum atomic E-state index is 10.9. The van der Waals surface area contributed by atoms with Gasteiger partial charge < -0.3 is 5.11 Å². The van der Waals surface area contributed by atoms with Crippen LogP contribution in [-0.4, -0.2) is 31.4 Å². The topological polar surface area (TPSA) is 68.0 Å². The van der Waals surface area contributed by atoms with E-state index < -0.39 is 5.97 Å². The van der Waals surface area contributed by atoms with Crippen LogP contribution in [0.3, 0.4) is 0 Å². The van der Waals surface area contributed by atoms with Crippen molar-refractivity contribution in [3.63, 3.8) is 0 Å². The minimum Gasteiger partial charge on any atom is -0.481 e. The Labute approximate surface area is 166 Å². The van der Waals surface area contributed by atoms with Crippen molar-refractivity contribution in [3.05, 3.63) is 60.3 Å². The molecule has 28 heavy (non-hydrogen) atoms. The van der Waals surface area contributed by atoms with Gasteiger partial charge in [-0.3, -0.25) is 9.36 Å². The number of imidazole rings is 1. The fourth-order valence-electron chi connectivity index (χ4n) is 3.70. The molecule has 5 nitrogen and oxygen atoms in total. The van der Waals surface area contributed by atoms with Gasteiger partial charge in [-0.25, -0.2) is 9.97 Å². The summed E-state index contributed by atoms with van der Waals surface area (Å²) in [5, 5.41) is 12.2. The Morgan fingerprint density at radius 3 is 2.71 bits per heavy atom. The highest BCUT2D eigenvalue weighted by molar-refractivity contribution is 7.99. The van der Waals surface area contributed by atoms with Crippen molar-refractivity contribution in [1.82, 2.24) is 14.5 Å². The van der Waals surface area contributed by atoms with Gasteiger partial charge in [0.25, 0.3) is 0 Å². The second-order valence-corrected chi connectivity index (χ2v) is 8.12. The predicted octanol–water partition coefficient (Wildman–Crippen LogP) is 5.02. The molecule has 0 aliphatic heterocycles. The lowest BCUT2D eigenvalue weighted by Gasteiger charge is -2.14. The third-order valence-electron chi connectivity index (χ3n) is 5.14. The molecule has 6 heteroatoms. The number of benzene rings is 2. The normalized spacial score (nSPS) is 14.0. The van der Waals surface area contributed by atoms with Crippen LogP contribution < -0.4 is 0 Å². The summed E-state index contributed by atoms with van der Waals surface area (Å²) in [4.78, 5) is 20.0. The van der Waals surface area contributed by atoms with Crippen LogP contribution in [0.1, 0.15) is 30.7 Å². The van der Waals surface area contributed by atoms with Gasteiger partial charge >= 0.3 is 5.97 Å². The number of fused-ring (bicyclic) bond motifs is 2. The number of hydrogen-bond donors (Lipinski definition) is 1. The summed E-state index contributed by atoms with van der Waals surface area (Å²) in [5.74, 6) is 0.341. The molecule has 0 amide bonds. The first-order valence-corrected chi connectivity index (χ1v) is 10.4. The summed E-state index contributed by atoms with van der Waals surface area (Å²) in [5.41, 5.74) is 4.09. The van der Waals surface area contributed by atoms with Gasteiger partial charge in [0, 0.05) is 17.3 Å². The van der Waals surface area contributed by atoms with E-state index in [0.29, 0.717) is 17.3 Å². The number of hydrogen-bond acceptors (Lipinski definition) is 4. The average molecular weight is 389 g/mol. The maximum Gasteiger partial charge on any atom is 0.304 e. The number of carbonyl (C=O) groups is 1. The summed E-state index contributed by atoms with van der Waals surface area (Å²) in [6, 6.07) is 16.8. The summed E-state index contributed by atoms with van der Waals surface area (Å²) < 4.78 is 2.12. The van der Waals surface area contributed by atoms with E-state index in [0.717, 1.165) is 16.4 Å². The molecule has 2 heterocycles. The summed E-state index contributed by atoms with van der Waals surface area (Å²) in [6.45, 7) is 0. The fraction of sp³-hybridized carbons (Fsp3) is 0.227. The highest BCUT2D eigenvalue weighted by Crippen LogP contribution is 2.44. The molecule has 0 saturated heterocycles. The molecule has 1 aliphatic rings. The molecule has 2 aromatic carbocycles. The molecule has 0 radical (unpaired) electrons. The minimum absolute atomic E-state index is 0.0999. The van der Waals surface area contributed by atoms with Crippen LogP contribution >= 0.6 is 11.8 Å². The number of pyridine rings is 1. The van der Waals surface area contributed by atoms with E-state index in [1.54, 1.807) is 6.20 Å². The molecule has 1 fully saturated rings. The molecular formula is C22H19N3O2S. The van der Waals surface area contributed by atoms with Crippen molar-refractivity contribution in [2.24, 2.45) is 0 Å². The third kappa shape index (κ3) is 3.03. The van der Waals surface area contributed by atoms with E-state index in [1.807, 2.05) is 12.1 Å². The molecule has 0 bridgehead atoms. The number of carboxylic acids is 1. The molecule has 0 spiro atoms. The highest BCUT2D eigenvalue weighted by Gasteiger charge is 2.26. The van der Waals surface area contributed by atoms with E-state index in [2.05, 4.69) is 50.9 Å². The summed E-state index contributed by atoms with van der Waals surface area (Å²) in [7, 11) is 0. The number of nitrogens with zero attached hydrogens (tertiary/aromatic N) is 3. The predicted molar refractivity (Wildman–Crippen MR) is 111 cm³/mol. The smallest absolute Gasteiger partial charge is 0.304 e. The largest absolute Gasteiger partial charge is 0.481 e. The van der Waals surface area contributed by atoms with E-state index in [1.165, 1.54) is 40.9 Å². The van der Waals surface area contributed by atoms with Crippen LogP contribution in [0.15, 0.2) is 59.9 Å². The fourth-order valence-corrected chi connectivity index (χ4v) is 4.64. The second-order valence-electron chi connectivity index (χ2n) is 7.06. The summed E-state index contributed by atoms with van der Waals surface area (Å²) >= 11 is 1.46. The Morgan fingerprint density at radius 1 is 1.11 bits per heavy atom. The number of aliphatic carboxylic acids is 1. The van der Waals surface area contributed by atoms with Gasteiger partial charge in [0.2, 0.25) is 0 Å². The first-order chi connectivity index (χ1) is 13.7. The molecule has 0 unspecified atom stereocenters. The van der Waals surface area contributed by atoms with Crippen molar-refractivity contribution >= 4 is 39.7 Å². The zero-order chi connectivity index (χ0) is 19.1. The van der Waals surface area contributed by atoms with E-state index in [4.69, 9.17) is 5.11 Å². The first kappa shape index (κ1) is 17.3. The standard InChI is InChI=1S/C22H19N3O2S/c26-20(27)11-13-28-22-24-21-19(6-3-12-23-21)25(22)18-10-9-15(14-7-8-14)16-4-1-2-5-17(16)18/h1-6,9-10,12,14H,7-8,11,13H2,(H,26,27). The van der Waals surface area contributed by atoms with E-state index in [-0.39, 0.29) is 6.42 Å². The Balaban J connectivity index is 1.70. The molecular weight excluding hydrogens is 370 g/mol. The minimum atomic E-state index is -0.799. The zero-order valence-corrected chi connectivity index (χ0v) is 16.0. The van der Waals surface area contributed by atoms with Crippen LogP contribution in [0.5, 0.6) is 0 Å². The van der Waals surface area contributed by atoms with Gasteiger partial charge in [0.1, 0.15) is 0 Å². The molecule has 2 aromatic heterocycles. The van der Waals surface area contributed by atoms with Gasteiger partial charge in [-0.2, -0.15) is 0 Å².